The topological polar surface area (TPSA) is 34.1 Å². The first kappa shape index (κ1) is 12.6. The third-order valence-corrected chi connectivity index (χ3v) is 2.92. The number of nitrogens with zero attached hydrogens (tertiary/aromatic N) is 1. The Morgan fingerprint density at radius 1 is 1.06 bits per heavy atom. The van der Waals surface area contributed by atoms with Gasteiger partial charge in [-0.2, -0.15) is 0 Å². The molecular formula is C15H18N2O. The number of likely N-dealkylation sites (N-methyl/N-ethyl adjacent to an activating group) is 1. The van der Waals surface area contributed by atoms with Gasteiger partial charge in [0.1, 0.15) is 6.10 Å². The number of benzene rings is 1. The van der Waals surface area contributed by atoms with Crippen molar-refractivity contribution in [1.82, 2.24) is 10.3 Å². The van der Waals surface area contributed by atoms with Gasteiger partial charge in [-0.3, -0.25) is 0 Å². The molecule has 0 saturated carbocycles. The average molecular weight is 242 g/mol. The van der Waals surface area contributed by atoms with Crippen LogP contribution < -0.4 is 10.1 Å². The molecule has 1 aromatic carbocycles. The molecule has 0 aliphatic rings. The van der Waals surface area contributed by atoms with E-state index in [4.69, 9.17) is 4.74 Å². The van der Waals surface area contributed by atoms with Gasteiger partial charge in [-0.1, -0.05) is 36.4 Å². The van der Waals surface area contributed by atoms with Crippen molar-refractivity contribution in [3.05, 3.63) is 60.3 Å². The molecule has 1 aromatic heterocycles. The smallest absolute Gasteiger partial charge is 0.213 e. The van der Waals surface area contributed by atoms with Gasteiger partial charge >= 0.3 is 0 Å². The van der Waals surface area contributed by atoms with Crippen LogP contribution in [0.2, 0.25) is 0 Å². The summed E-state index contributed by atoms with van der Waals surface area (Å²) in [6.45, 7) is 2.10. The molecule has 0 saturated heterocycles. The van der Waals surface area contributed by atoms with E-state index in [1.54, 1.807) is 6.20 Å². The van der Waals surface area contributed by atoms with Crippen LogP contribution in [0.4, 0.5) is 0 Å². The summed E-state index contributed by atoms with van der Waals surface area (Å²) in [6, 6.07) is 16.1. The number of pyridine rings is 1. The van der Waals surface area contributed by atoms with E-state index < -0.39 is 0 Å². The van der Waals surface area contributed by atoms with E-state index in [-0.39, 0.29) is 12.1 Å². The SMILES string of the molecule is CN[C@@H](C)[C@H](Oc1ccccn1)c1ccccc1. The van der Waals surface area contributed by atoms with Gasteiger partial charge < -0.3 is 10.1 Å². The van der Waals surface area contributed by atoms with Crippen LogP contribution in [-0.2, 0) is 0 Å². The molecule has 0 aliphatic carbocycles. The maximum atomic E-state index is 5.98. The molecule has 0 amide bonds. The minimum Gasteiger partial charge on any atom is -0.468 e. The summed E-state index contributed by atoms with van der Waals surface area (Å²) in [5.74, 6) is 0.647. The second-order valence-electron chi connectivity index (χ2n) is 4.19. The van der Waals surface area contributed by atoms with E-state index in [0.29, 0.717) is 5.88 Å². The molecule has 0 spiro atoms. The van der Waals surface area contributed by atoms with E-state index in [1.165, 1.54) is 0 Å². The summed E-state index contributed by atoms with van der Waals surface area (Å²) in [4.78, 5) is 4.21. The quantitative estimate of drug-likeness (QED) is 0.875. The Kier molecular flexibility index (Phi) is 4.31. The molecule has 0 unspecified atom stereocenters. The van der Waals surface area contributed by atoms with Crippen LogP contribution in [-0.4, -0.2) is 18.1 Å². The molecule has 94 valence electrons. The van der Waals surface area contributed by atoms with E-state index in [1.807, 2.05) is 43.4 Å². The van der Waals surface area contributed by atoms with Crippen LogP contribution in [0, 0.1) is 0 Å². The standard InChI is InChI=1S/C15H18N2O/c1-12(16-2)15(13-8-4-3-5-9-13)18-14-10-6-7-11-17-14/h3-12,15-16H,1-2H3/t12-,15-/m0/s1. The average Bonchev–Trinajstić information content (AvgIpc) is 2.46. The Morgan fingerprint density at radius 3 is 2.39 bits per heavy atom. The molecule has 18 heavy (non-hydrogen) atoms. The minimum atomic E-state index is -0.0499. The van der Waals surface area contributed by atoms with Crippen molar-refractivity contribution in [1.29, 1.82) is 0 Å². The van der Waals surface area contributed by atoms with Crippen molar-refractivity contribution in [2.45, 2.75) is 19.1 Å². The predicted octanol–water partition coefficient (Wildman–Crippen LogP) is 2.81. The van der Waals surface area contributed by atoms with E-state index in [2.05, 4.69) is 29.4 Å². The van der Waals surface area contributed by atoms with Crippen LogP contribution in [0.15, 0.2) is 54.7 Å². The summed E-state index contributed by atoms with van der Waals surface area (Å²) in [5.41, 5.74) is 1.14. The van der Waals surface area contributed by atoms with E-state index in [0.717, 1.165) is 5.56 Å². The first-order valence-electron chi connectivity index (χ1n) is 6.11. The lowest BCUT2D eigenvalue weighted by molar-refractivity contribution is 0.159. The molecule has 3 heteroatoms. The van der Waals surface area contributed by atoms with E-state index >= 15 is 0 Å². The van der Waals surface area contributed by atoms with Crippen LogP contribution >= 0.6 is 0 Å². The van der Waals surface area contributed by atoms with Crippen LogP contribution in [0.25, 0.3) is 0 Å². The molecule has 0 aliphatic heterocycles. The largest absolute Gasteiger partial charge is 0.468 e. The third kappa shape index (κ3) is 3.08. The van der Waals surface area contributed by atoms with Crippen molar-refractivity contribution < 1.29 is 4.74 Å². The van der Waals surface area contributed by atoms with Crippen LogP contribution in [0.5, 0.6) is 5.88 Å². The van der Waals surface area contributed by atoms with Crippen molar-refractivity contribution in [2.24, 2.45) is 0 Å². The summed E-state index contributed by atoms with van der Waals surface area (Å²) in [5, 5.41) is 3.23. The highest BCUT2D eigenvalue weighted by Gasteiger charge is 2.20. The lowest BCUT2D eigenvalue weighted by Crippen LogP contribution is -2.32. The number of hydrogen-bond donors (Lipinski definition) is 1. The van der Waals surface area contributed by atoms with Gasteiger partial charge in [0, 0.05) is 18.3 Å². The number of hydrogen-bond acceptors (Lipinski definition) is 3. The van der Waals surface area contributed by atoms with Gasteiger partial charge in [-0.05, 0) is 25.6 Å². The molecule has 2 aromatic rings. The predicted molar refractivity (Wildman–Crippen MR) is 72.6 cm³/mol. The molecular weight excluding hydrogens is 224 g/mol. The normalized spacial score (nSPS) is 13.9. The molecule has 0 bridgehead atoms. The summed E-state index contributed by atoms with van der Waals surface area (Å²) < 4.78 is 5.98. The molecule has 1 N–H and O–H groups in total. The molecule has 2 atom stereocenters. The summed E-state index contributed by atoms with van der Waals surface area (Å²) >= 11 is 0. The highest BCUT2D eigenvalue weighted by molar-refractivity contribution is 5.21. The Balaban J connectivity index is 2.21. The van der Waals surface area contributed by atoms with Crippen molar-refractivity contribution >= 4 is 0 Å². The monoisotopic (exact) mass is 242 g/mol. The van der Waals surface area contributed by atoms with Crippen molar-refractivity contribution in [3.63, 3.8) is 0 Å². The fourth-order valence-electron chi connectivity index (χ4n) is 1.80. The fourth-order valence-corrected chi connectivity index (χ4v) is 1.80. The molecule has 0 fully saturated rings. The summed E-state index contributed by atoms with van der Waals surface area (Å²) in [6.07, 6.45) is 1.69. The Hall–Kier alpha value is -1.87. The highest BCUT2D eigenvalue weighted by Crippen LogP contribution is 2.23. The number of rotatable bonds is 5. The zero-order valence-electron chi connectivity index (χ0n) is 10.7. The fraction of sp³-hybridized carbons (Fsp3) is 0.267. The number of aromatic nitrogens is 1. The van der Waals surface area contributed by atoms with Gasteiger partial charge in [0.05, 0.1) is 0 Å². The minimum absolute atomic E-state index is 0.0499. The zero-order valence-corrected chi connectivity index (χ0v) is 10.7. The molecule has 1 heterocycles. The zero-order chi connectivity index (χ0) is 12.8. The Morgan fingerprint density at radius 2 is 1.78 bits per heavy atom. The molecule has 2 rings (SSSR count). The number of ether oxygens (including phenoxy) is 1. The lowest BCUT2D eigenvalue weighted by Gasteiger charge is -2.24. The van der Waals surface area contributed by atoms with Crippen molar-refractivity contribution in [3.8, 4) is 5.88 Å². The summed E-state index contributed by atoms with van der Waals surface area (Å²) in [7, 11) is 1.93. The lowest BCUT2D eigenvalue weighted by atomic mass is 10.0. The number of nitrogens with one attached hydrogen (secondary N) is 1. The van der Waals surface area contributed by atoms with Gasteiger partial charge in [-0.15, -0.1) is 0 Å². The second-order valence-corrected chi connectivity index (χ2v) is 4.19. The van der Waals surface area contributed by atoms with Crippen LogP contribution in [0.3, 0.4) is 0 Å². The highest BCUT2D eigenvalue weighted by atomic mass is 16.5. The van der Waals surface area contributed by atoms with Gasteiger partial charge in [0.2, 0.25) is 5.88 Å². The molecule has 0 radical (unpaired) electrons. The first-order chi connectivity index (χ1) is 8.81. The second kappa shape index (κ2) is 6.17. The van der Waals surface area contributed by atoms with Gasteiger partial charge in [0.25, 0.3) is 0 Å². The maximum absolute atomic E-state index is 5.98. The first-order valence-corrected chi connectivity index (χ1v) is 6.11. The molecule has 3 nitrogen and oxygen atoms in total. The van der Waals surface area contributed by atoms with Crippen molar-refractivity contribution in [2.75, 3.05) is 7.05 Å². The third-order valence-electron chi connectivity index (χ3n) is 2.92. The van der Waals surface area contributed by atoms with E-state index in [9.17, 15) is 0 Å². The van der Waals surface area contributed by atoms with Gasteiger partial charge in [-0.25, -0.2) is 4.98 Å². The van der Waals surface area contributed by atoms with Crippen LogP contribution in [0.1, 0.15) is 18.6 Å². The Labute approximate surface area is 108 Å². The maximum Gasteiger partial charge on any atom is 0.213 e. The van der Waals surface area contributed by atoms with Gasteiger partial charge in [0.15, 0.2) is 0 Å². The Bertz CT molecular complexity index is 458.